The monoisotopic (exact) mass is 552 g/mol. The van der Waals surface area contributed by atoms with Gasteiger partial charge in [0.1, 0.15) is 18.5 Å². The van der Waals surface area contributed by atoms with E-state index in [-0.39, 0.29) is 40.6 Å². The number of nitrogens with zero attached hydrogens (tertiary/aromatic N) is 5. The van der Waals surface area contributed by atoms with E-state index in [1.165, 1.54) is 24.5 Å². The molecule has 4 heterocycles. The number of pyridine rings is 1. The minimum atomic E-state index is -4.52. The third kappa shape index (κ3) is 5.27. The van der Waals surface area contributed by atoms with Gasteiger partial charge in [0.15, 0.2) is 5.82 Å². The number of benzene rings is 1. The fourth-order valence-electron chi connectivity index (χ4n) is 4.51. The first kappa shape index (κ1) is 26.2. The fraction of sp³-hybridized carbons (Fsp3) is 0.375. The van der Waals surface area contributed by atoms with Gasteiger partial charge in [-0.05, 0) is 24.6 Å². The summed E-state index contributed by atoms with van der Waals surface area (Å²) < 4.78 is 45.2. The van der Waals surface area contributed by atoms with Crippen molar-refractivity contribution in [3.05, 3.63) is 53.3 Å². The summed E-state index contributed by atoms with van der Waals surface area (Å²) in [4.78, 5) is 16.6. The van der Waals surface area contributed by atoms with Gasteiger partial charge >= 0.3 is 6.18 Å². The van der Waals surface area contributed by atoms with Crippen molar-refractivity contribution >= 4 is 28.9 Å². The van der Waals surface area contributed by atoms with E-state index < -0.39 is 30.8 Å². The van der Waals surface area contributed by atoms with Crippen LogP contribution in [0.25, 0.3) is 11.3 Å². The number of aliphatic hydroxyl groups is 3. The van der Waals surface area contributed by atoms with Crippen molar-refractivity contribution in [1.82, 2.24) is 15.0 Å². The van der Waals surface area contributed by atoms with Crippen LogP contribution in [0.4, 0.5) is 30.5 Å². The molecule has 1 aromatic carbocycles. The van der Waals surface area contributed by atoms with Gasteiger partial charge in [0, 0.05) is 18.7 Å². The highest BCUT2D eigenvalue weighted by molar-refractivity contribution is 6.33. The van der Waals surface area contributed by atoms with Gasteiger partial charge in [-0.15, -0.1) is 0 Å². The molecule has 38 heavy (non-hydrogen) atoms. The maximum Gasteiger partial charge on any atom is 0.416 e. The molecule has 0 saturated carbocycles. The summed E-state index contributed by atoms with van der Waals surface area (Å²) in [6.45, 7) is 0.696. The predicted molar refractivity (Wildman–Crippen MR) is 133 cm³/mol. The second-order valence-electron chi connectivity index (χ2n) is 8.94. The number of halogens is 4. The van der Waals surface area contributed by atoms with Crippen LogP contribution in [0.3, 0.4) is 0 Å². The van der Waals surface area contributed by atoms with Crippen LogP contribution in [0.1, 0.15) is 12.0 Å². The molecule has 2 aromatic heterocycles. The lowest BCUT2D eigenvalue weighted by Crippen LogP contribution is -2.52. The number of anilines is 3. The average Bonchev–Trinajstić information content (AvgIpc) is 3.32. The van der Waals surface area contributed by atoms with Gasteiger partial charge in [-0.1, -0.05) is 23.7 Å². The van der Waals surface area contributed by atoms with E-state index in [2.05, 4.69) is 25.2 Å². The molecule has 14 heteroatoms. The highest BCUT2D eigenvalue weighted by Gasteiger charge is 2.41. The molecule has 2 aliphatic heterocycles. The SMILES string of the molecule is OC[C@H](O)COc1cnc(NC(O)N2c3nc(-c4cccc(C(F)(F)F)c4)c(Cl)cc3N3CC[C@H]2C3)cn1. The second kappa shape index (κ2) is 10.4. The van der Waals surface area contributed by atoms with Gasteiger partial charge in [-0.3, -0.25) is 0 Å². The van der Waals surface area contributed by atoms with Gasteiger partial charge < -0.3 is 35.2 Å². The quantitative estimate of drug-likeness (QED) is 0.310. The Hall–Kier alpha value is -3.39. The number of rotatable bonds is 8. The molecule has 0 aliphatic carbocycles. The maximum atomic E-state index is 13.3. The number of fused-ring (bicyclic) bond motifs is 4. The molecule has 0 radical (unpaired) electrons. The van der Waals surface area contributed by atoms with Crippen LogP contribution in [0.15, 0.2) is 42.7 Å². The van der Waals surface area contributed by atoms with Crippen molar-refractivity contribution in [3.8, 4) is 17.1 Å². The number of alkyl halides is 3. The smallest absolute Gasteiger partial charge is 0.416 e. The van der Waals surface area contributed by atoms with E-state index >= 15 is 0 Å². The summed E-state index contributed by atoms with van der Waals surface area (Å²) in [5, 5.41) is 32.5. The lowest BCUT2D eigenvalue weighted by molar-refractivity contribution is -0.137. The van der Waals surface area contributed by atoms with E-state index in [0.29, 0.717) is 24.6 Å². The molecule has 1 saturated heterocycles. The molecule has 10 nitrogen and oxygen atoms in total. The molecule has 1 fully saturated rings. The molecule has 2 aliphatic rings. The van der Waals surface area contributed by atoms with Crippen LogP contribution in [0.5, 0.6) is 5.88 Å². The lowest BCUT2D eigenvalue weighted by atomic mass is 10.1. The highest BCUT2D eigenvalue weighted by Crippen LogP contribution is 2.44. The molecular formula is C24H24ClF3N6O4. The van der Waals surface area contributed by atoms with Crippen molar-refractivity contribution in [2.45, 2.75) is 31.1 Å². The topological polar surface area (TPSA) is 127 Å². The van der Waals surface area contributed by atoms with Gasteiger partial charge in [0.05, 0.1) is 47.0 Å². The summed E-state index contributed by atoms with van der Waals surface area (Å²) >= 11 is 6.50. The van der Waals surface area contributed by atoms with E-state index in [1.807, 2.05) is 0 Å². The molecule has 5 rings (SSSR count). The number of nitrogens with one attached hydrogen (secondary N) is 1. The Morgan fingerprint density at radius 3 is 2.71 bits per heavy atom. The van der Waals surface area contributed by atoms with Crippen molar-refractivity contribution in [1.29, 1.82) is 0 Å². The van der Waals surface area contributed by atoms with E-state index in [9.17, 15) is 23.4 Å². The van der Waals surface area contributed by atoms with Gasteiger partial charge in [-0.25, -0.2) is 15.0 Å². The first-order valence-corrected chi connectivity index (χ1v) is 12.1. The minimum Gasteiger partial charge on any atom is -0.474 e. The minimum absolute atomic E-state index is 0.120. The fourth-order valence-corrected chi connectivity index (χ4v) is 4.77. The molecule has 0 spiro atoms. The van der Waals surface area contributed by atoms with Crippen LogP contribution in [0, 0.1) is 0 Å². The highest BCUT2D eigenvalue weighted by atomic mass is 35.5. The van der Waals surface area contributed by atoms with Gasteiger partial charge in [0.2, 0.25) is 12.2 Å². The molecule has 202 valence electrons. The normalized spacial score (nSPS) is 18.2. The van der Waals surface area contributed by atoms with Gasteiger partial charge in [-0.2, -0.15) is 13.2 Å². The Kier molecular flexibility index (Phi) is 7.18. The lowest BCUT2D eigenvalue weighted by Gasteiger charge is -2.40. The van der Waals surface area contributed by atoms with Crippen LogP contribution >= 0.6 is 11.6 Å². The third-order valence-corrected chi connectivity index (χ3v) is 6.63. The zero-order valence-electron chi connectivity index (χ0n) is 19.8. The summed E-state index contributed by atoms with van der Waals surface area (Å²) in [6, 6.07) is 6.32. The maximum absolute atomic E-state index is 13.3. The molecule has 4 N–H and O–H groups in total. The van der Waals surface area contributed by atoms with Crippen LogP contribution < -0.4 is 19.9 Å². The zero-order chi connectivity index (χ0) is 27.0. The number of hydrogen-bond acceptors (Lipinski definition) is 10. The van der Waals surface area contributed by atoms with Gasteiger partial charge in [0.25, 0.3) is 0 Å². The molecule has 0 amide bonds. The first-order valence-electron chi connectivity index (χ1n) is 11.7. The number of aromatic nitrogens is 3. The Morgan fingerprint density at radius 2 is 2.00 bits per heavy atom. The Bertz CT molecular complexity index is 1300. The largest absolute Gasteiger partial charge is 0.474 e. The van der Waals surface area contributed by atoms with E-state index in [0.717, 1.165) is 18.6 Å². The number of aliphatic hydroxyl groups excluding tert-OH is 3. The summed E-state index contributed by atoms with van der Waals surface area (Å²) in [7, 11) is 0. The Balaban J connectivity index is 1.42. The van der Waals surface area contributed by atoms with Crippen molar-refractivity contribution in [2.24, 2.45) is 0 Å². The van der Waals surface area contributed by atoms with Crippen molar-refractivity contribution < 1.29 is 33.2 Å². The summed E-state index contributed by atoms with van der Waals surface area (Å²) in [5.41, 5.74) is 0.223. The Labute approximate surface area is 220 Å². The molecular weight excluding hydrogens is 529 g/mol. The molecule has 2 bridgehead atoms. The van der Waals surface area contributed by atoms with Crippen LogP contribution in [-0.4, -0.2) is 75.1 Å². The standard InChI is InChI=1S/C24H24ClF3N6O4/c25-17-7-18-22(32-21(17)13-2-1-3-14(6-13)24(26,27)28)34(15-4-5-33(18)10-15)23(37)31-19-8-30-20(9-29-19)38-12-16(36)11-35/h1-3,6-9,15-16,23,35-37H,4-5,10-12H2,(H,29,31)/t15-,16-,23?/m0/s1. The number of ether oxygens (including phenoxy) is 1. The summed E-state index contributed by atoms with van der Waals surface area (Å²) in [5.74, 6) is 0.720. The average molecular weight is 553 g/mol. The van der Waals surface area contributed by atoms with Crippen molar-refractivity contribution in [2.75, 3.05) is 41.4 Å². The van der Waals surface area contributed by atoms with Crippen LogP contribution in [0.2, 0.25) is 5.02 Å². The summed E-state index contributed by atoms with van der Waals surface area (Å²) in [6.07, 6.45) is -3.52. The predicted octanol–water partition coefficient (Wildman–Crippen LogP) is 2.73. The molecule has 1 unspecified atom stereocenters. The van der Waals surface area contributed by atoms with Crippen molar-refractivity contribution in [3.63, 3.8) is 0 Å². The molecule has 3 aromatic rings. The van der Waals surface area contributed by atoms with Crippen LogP contribution in [-0.2, 0) is 6.18 Å². The number of hydrogen-bond donors (Lipinski definition) is 4. The second-order valence-corrected chi connectivity index (χ2v) is 9.35. The Morgan fingerprint density at radius 1 is 1.18 bits per heavy atom. The third-order valence-electron chi connectivity index (χ3n) is 6.34. The zero-order valence-corrected chi connectivity index (χ0v) is 20.6. The van der Waals surface area contributed by atoms with E-state index in [4.69, 9.17) is 21.4 Å². The first-order chi connectivity index (χ1) is 18.1. The molecule has 3 atom stereocenters. The van der Waals surface area contributed by atoms with E-state index in [1.54, 1.807) is 11.0 Å².